The van der Waals surface area contributed by atoms with Gasteiger partial charge in [0, 0.05) is 43.4 Å². The predicted molar refractivity (Wildman–Crippen MR) is 110 cm³/mol. The highest BCUT2D eigenvalue weighted by Crippen LogP contribution is 2.32. The second-order valence-corrected chi connectivity index (χ2v) is 7.34. The third-order valence-electron chi connectivity index (χ3n) is 5.40. The van der Waals surface area contributed by atoms with Gasteiger partial charge in [-0.05, 0) is 24.3 Å². The van der Waals surface area contributed by atoms with E-state index in [0.717, 1.165) is 53.4 Å². The van der Waals surface area contributed by atoms with Gasteiger partial charge in [0.05, 0.1) is 31.0 Å². The highest BCUT2D eigenvalue weighted by Gasteiger charge is 2.30. The molecule has 3 aromatic rings. The van der Waals surface area contributed by atoms with E-state index in [1.54, 1.807) is 20.4 Å². The Bertz CT molecular complexity index is 1050. The molecule has 1 aromatic heterocycles. The number of fused-ring (bicyclic) bond motifs is 1. The third-order valence-corrected chi connectivity index (χ3v) is 5.40. The van der Waals surface area contributed by atoms with Gasteiger partial charge in [0.25, 0.3) is 0 Å². The Morgan fingerprint density at radius 3 is 2.29 bits per heavy atom. The number of ether oxygens (including phenoxy) is 2. The number of hydrogen-bond acceptors (Lipinski definition) is 5. The largest absolute Gasteiger partial charge is 0.496 e. The third kappa shape index (κ3) is 4.49. The topological polar surface area (TPSA) is 47.5 Å². The molecule has 31 heavy (non-hydrogen) atoms. The molecule has 2 aromatic carbocycles. The lowest BCUT2D eigenvalue weighted by Gasteiger charge is -2.29. The Hall–Kier alpha value is -3.13. The maximum Gasteiger partial charge on any atom is 0.416 e. The zero-order valence-electron chi connectivity index (χ0n) is 17.2. The highest BCUT2D eigenvalue weighted by molar-refractivity contribution is 5.56. The van der Waals surface area contributed by atoms with Crippen LogP contribution in [-0.2, 0) is 25.7 Å². The van der Waals surface area contributed by atoms with Crippen LogP contribution in [0.5, 0.6) is 11.5 Å². The van der Waals surface area contributed by atoms with Gasteiger partial charge in [-0.2, -0.15) is 13.2 Å². The molecule has 0 radical (unpaired) electrons. The van der Waals surface area contributed by atoms with Crippen molar-refractivity contribution in [3.63, 3.8) is 0 Å². The number of benzene rings is 2. The maximum absolute atomic E-state index is 12.8. The molecule has 0 aliphatic carbocycles. The molecule has 0 N–H and O–H groups in total. The van der Waals surface area contributed by atoms with Crippen molar-refractivity contribution in [3.05, 3.63) is 71.0 Å². The number of hydrogen-bond donors (Lipinski definition) is 0. The van der Waals surface area contributed by atoms with Crippen LogP contribution in [0.1, 0.15) is 22.4 Å². The van der Waals surface area contributed by atoms with Crippen molar-refractivity contribution in [3.8, 4) is 22.9 Å². The van der Waals surface area contributed by atoms with Crippen molar-refractivity contribution >= 4 is 0 Å². The van der Waals surface area contributed by atoms with Gasteiger partial charge in [0.1, 0.15) is 11.5 Å². The van der Waals surface area contributed by atoms with Gasteiger partial charge in [-0.25, -0.2) is 9.97 Å². The molecule has 1 aliphatic rings. The fraction of sp³-hybridized carbons (Fsp3) is 0.304. The molecule has 0 amide bonds. The van der Waals surface area contributed by atoms with Gasteiger partial charge in [-0.3, -0.25) is 4.90 Å². The van der Waals surface area contributed by atoms with Crippen molar-refractivity contribution in [1.82, 2.24) is 14.9 Å². The van der Waals surface area contributed by atoms with Crippen molar-refractivity contribution in [2.75, 3.05) is 20.8 Å². The summed E-state index contributed by atoms with van der Waals surface area (Å²) in [6.07, 6.45) is -1.87. The van der Waals surface area contributed by atoms with Crippen molar-refractivity contribution in [2.24, 2.45) is 0 Å². The number of aromatic nitrogens is 2. The summed E-state index contributed by atoms with van der Waals surface area (Å²) in [7, 11) is 3.28. The summed E-state index contributed by atoms with van der Waals surface area (Å²) in [6.45, 7) is 2.12. The minimum Gasteiger partial charge on any atom is -0.496 e. The van der Waals surface area contributed by atoms with Gasteiger partial charge < -0.3 is 9.47 Å². The van der Waals surface area contributed by atoms with Crippen molar-refractivity contribution in [1.29, 1.82) is 0 Å². The molecule has 1 aliphatic heterocycles. The summed E-state index contributed by atoms with van der Waals surface area (Å²) < 4.78 is 49.3. The number of halogens is 3. The summed E-state index contributed by atoms with van der Waals surface area (Å²) in [5.74, 6) is 1.99. The maximum atomic E-state index is 12.8. The van der Waals surface area contributed by atoms with Gasteiger partial charge in [0.2, 0.25) is 0 Å². The van der Waals surface area contributed by atoms with Crippen LogP contribution in [0.2, 0.25) is 0 Å². The Labute approximate surface area is 178 Å². The Morgan fingerprint density at radius 1 is 1.00 bits per heavy atom. The molecule has 0 saturated carbocycles. The van der Waals surface area contributed by atoms with E-state index < -0.39 is 11.7 Å². The van der Waals surface area contributed by atoms with E-state index in [-0.39, 0.29) is 0 Å². The second kappa shape index (κ2) is 8.55. The first kappa shape index (κ1) is 21.1. The van der Waals surface area contributed by atoms with E-state index >= 15 is 0 Å². The van der Waals surface area contributed by atoms with Gasteiger partial charge in [0.15, 0.2) is 5.82 Å². The van der Waals surface area contributed by atoms with Crippen LogP contribution in [0.25, 0.3) is 11.4 Å². The fourth-order valence-electron chi connectivity index (χ4n) is 3.76. The highest BCUT2D eigenvalue weighted by atomic mass is 19.4. The number of alkyl halides is 3. The lowest BCUT2D eigenvalue weighted by atomic mass is 10.0. The summed E-state index contributed by atoms with van der Waals surface area (Å²) in [5.41, 5.74) is 2.80. The van der Waals surface area contributed by atoms with Gasteiger partial charge >= 0.3 is 6.18 Å². The molecular formula is C23H22F3N3O2. The minimum atomic E-state index is -4.36. The van der Waals surface area contributed by atoms with Crippen molar-refractivity contribution in [2.45, 2.75) is 25.7 Å². The zero-order chi connectivity index (χ0) is 22.0. The van der Waals surface area contributed by atoms with Crippen LogP contribution in [-0.4, -0.2) is 35.6 Å². The van der Waals surface area contributed by atoms with Crippen LogP contribution < -0.4 is 9.47 Å². The standard InChI is InChI=1S/C23H22F3N3O2/c1-30-20-4-3-5-21(31-2)18(20)14-29-11-10-19-16(13-29)12-27-22(28-19)15-6-8-17(9-7-15)23(24,25)26/h3-9,12H,10-11,13-14H2,1-2H3. The first-order valence-electron chi connectivity index (χ1n) is 9.83. The molecule has 162 valence electrons. The quantitative estimate of drug-likeness (QED) is 0.587. The molecule has 0 fully saturated rings. The summed E-state index contributed by atoms with van der Waals surface area (Å²) >= 11 is 0. The summed E-state index contributed by atoms with van der Waals surface area (Å²) in [5, 5.41) is 0. The molecule has 0 saturated heterocycles. The second-order valence-electron chi connectivity index (χ2n) is 7.34. The van der Waals surface area contributed by atoms with Crippen LogP contribution in [0.4, 0.5) is 13.2 Å². The Morgan fingerprint density at radius 2 is 1.68 bits per heavy atom. The minimum absolute atomic E-state index is 0.437. The van der Waals surface area contributed by atoms with Crippen LogP contribution in [0.3, 0.4) is 0 Å². The molecular weight excluding hydrogens is 407 g/mol. The molecule has 2 heterocycles. The molecule has 0 spiro atoms. The van der Waals surface area contributed by atoms with E-state index in [2.05, 4.69) is 14.9 Å². The Kier molecular flexibility index (Phi) is 5.82. The average molecular weight is 429 g/mol. The van der Waals surface area contributed by atoms with Crippen molar-refractivity contribution < 1.29 is 22.6 Å². The molecule has 0 unspecified atom stereocenters. The monoisotopic (exact) mass is 429 g/mol. The van der Waals surface area contributed by atoms with Crippen LogP contribution in [0.15, 0.2) is 48.7 Å². The SMILES string of the molecule is COc1cccc(OC)c1CN1CCc2nc(-c3ccc(C(F)(F)F)cc3)ncc2C1. The predicted octanol–water partition coefficient (Wildman–Crippen LogP) is 4.74. The molecule has 8 heteroatoms. The normalized spacial score (nSPS) is 14.2. The smallest absolute Gasteiger partial charge is 0.416 e. The van der Waals surface area contributed by atoms with E-state index in [9.17, 15) is 13.2 Å². The Balaban J connectivity index is 1.52. The first-order valence-corrected chi connectivity index (χ1v) is 9.83. The molecule has 4 rings (SSSR count). The number of methoxy groups -OCH3 is 2. The van der Waals surface area contributed by atoms with E-state index in [0.29, 0.717) is 24.5 Å². The average Bonchev–Trinajstić information content (AvgIpc) is 2.78. The first-order chi connectivity index (χ1) is 14.9. The van der Waals surface area contributed by atoms with Gasteiger partial charge in [-0.15, -0.1) is 0 Å². The van der Waals surface area contributed by atoms with Crippen LogP contribution in [0, 0.1) is 0 Å². The van der Waals surface area contributed by atoms with E-state index in [1.165, 1.54) is 12.1 Å². The summed E-state index contributed by atoms with van der Waals surface area (Å²) in [6, 6.07) is 10.6. The lowest BCUT2D eigenvalue weighted by molar-refractivity contribution is -0.137. The van der Waals surface area contributed by atoms with E-state index in [1.807, 2.05) is 18.2 Å². The number of rotatable bonds is 5. The summed E-state index contributed by atoms with van der Waals surface area (Å²) in [4.78, 5) is 11.3. The molecule has 5 nitrogen and oxygen atoms in total. The molecule has 0 bridgehead atoms. The van der Waals surface area contributed by atoms with Crippen LogP contribution >= 0.6 is 0 Å². The molecule has 0 atom stereocenters. The number of nitrogens with zero attached hydrogens (tertiary/aromatic N) is 3. The fourth-order valence-corrected chi connectivity index (χ4v) is 3.76. The van der Waals surface area contributed by atoms with Gasteiger partial charge in [-0.1, -0.05) is 18.2 Å². The lowest BCUT2D eigenvalue weighted by Crippen LogP contribution is -2.31. The van der Waals surface area contributed by atoms with E-state index in [4.69, 9.17) is 9.47 Å². The zero-order valence-corrected chi connectivity index (χ0v) is 17.2.